The maximum absolute atomic E-state index is 13.8. The molecule has 1 saturated heterocycles. The number of nitrogens with zero attached hydrogens (tertiary/aromatic N) is 3. The highest BCUT2D eigenvalue weighted by Crippen LogP contribution is 2.48. The van der Waals surface area contributed by atoms with Crippen molar-refractivity contribution in [2.45, 2.75) is 107 Å². The molecule has 10 nitrogen and oxygen atoms in total. The molecule has 6 rings (SSSR count). The zero-order valence-electron chi connectivity index (χ0n) is 23.2. The summed E-state index contributed by atoms with van der Waals surface area (Å²) in [6.07, 6.45) is 1.20. The van der Waals surface area contributed by atoms with Gasteiger partial charge in [0.2, 0.25) is 0 Å². The Labute approximate surface area is 236 Å². The number of halogens is 2. The molecule has 3 fully saturated rings. The predicted octanol–water partition coefficient (Wildman–Crippen LogP) is 4.28. The third-order valence-electron chi connectivity index (χ3n) is 7.47. The molecule has 2 aliphatic carbocycles. The standard InChI is InChI=1S/C27H36F2N6O4S/c1-6-9-40-25-31-23(30-17-11-14(17)13-7-8-15(28)16(29)10-13)20-24(32-25)35(34-33-20)18-12-19(37-26(2,3)36)22-21(18)38-27(4,5)39-22/h7-8,10,14,17-19,21-22,33-34,36H,6,9,11-12H2,1-5H3,(H,30,31,32). The van der Waals surface area contributed by atoms with Crippen LogP contribution in [0.4, 0.5) is 26.1 Å². The maximum Gasteiger partial charge on any atom is 0.191 e. The highest BCUT2D eigenvalue weighted by atomic mass is 32.2. The van der Waals surface area contributed by atoms with E-state index < -0.39 is 23.2 Å². The van der Waals surface area contributed by atoms with Crippen molar-refractivity contribution in [3.05, 3.63) is 35.4 Å². The number of aliphatic hydroxyl groups is 1. The summed E-state index contributed by atoms with van der Waals surface area (Å²) in [7, 11) is 0. The second kappa shape index (κ2) is 10.2. The van der Waals surface area contributed by atoms with Crippen LogP contribution in [0, 0.1) is 11.6 Å². The van der Waals surface area contributed by atoms with E-state index >= 15 is 0 Å². The van der Waals surface area contributed by atoms with Gasteiger partial charge in [-0.2, -0.15) is 0 Å². The number of nitrogens with one attached hydrogen (secondary N) is 3. The van der Waals surface area contributed by atoms with Gasteiger partial charge in [-0.3, -0.25) is 10.4 Å². The van der Waals surface area contributed by atoms with Gasteiger partial charge in [-0.1, -0.05) is 24.8 Å². The Morgan fingerprint density at radius 3 is 2.70 bits per heavy atom. The van der Waals surface area contributed by atoms with Gasteiger partial charge in [-0.05, 0) is 58.2 Å². The van der Waals surface area contributed by atoms with E-state index in [1.807, 2.05) is 18.9 Å². The first kappa shape index (κ1) is 27.9. The molecule has 3 heterocycles. The van der Waals surface area contributed by atoms with Crippen LogP contribution in [0.5, 0.6) is 0 Å². The van der Waals surface area contributed by atoms with Gasteiger partial charge in [-0.15, -0.1) is 5.53 Å². The van der Waals surface area contributed by atoms with E-state index in [0.29, 0.717) is 28.9 Å². The van der Waals surface area contributed by atoms with Crippen molar-refractivity contribution < 1.29 is 28.1 Å². The molecule has 6 unspecified atom stereocenters. The molecule has 0 spiro atoms. The molecule has 1 aromatic carbocycles. The van der Waals surface area contributed by atoms with Crippen LogP contribution in [0.15, 0.2) is 23.4 Å². The number of anilines is 3. The van der Waals surface area contributed by atoms with Crippen LogP contribution in [0.3, 0.4) is 0 Å². The topological polar surface area (TPSA) is 113 Å². The number of hydrogen-bond acceptors (Lipinski definition) is 11. The monoisotopic (exact) mass is 578 g/mol. The molecule has 0 amide bonds. The summed E-state index contributed by atoms with van der Waals surface area (Å²) in [6.45, 7) is 9.06. The van der Waals surface area contributed by atoms with Gasteiger partial charge in [0.25, 0.3) is 0 Å². The molecule has 2 aliphatic heterocycles. The number of thioether (sulfide) groups is 1. The Morgan fingerprint density at radius 2 is 1.98 bits per heavy atom. The van der Waals surface area contributed by atoms with Crippen molar-refractivity contribution in [3.8, 4) is 0 Å². The number of benzene rings is 1. The van der Waals surface area contributed by atoms with Gasteiger partial charge in [0.1, 0.15) is 17.9 Å². The summed E-state index contributed by atoms with van der Waals surface area (Å²) in [6, 6.07) is 3.88. The molecule has 2 saturated carbocycles. The van der Waals surface area contributed by atoms with Crippen LogP contribution in [0.1, 0.15) is 65.4 Å². The Kier molecular flexibility index (Phi) is 7.11. The molecule has 2 aromatic rings. The Bertz CT molecular complexity index is 1280. The van der Waals surface area contributed by atoms with E-state index in [1.165, 1.54) is 12.1 Å². The van der Waals surface area contributed by atoms with Crippen molar-refractivity contribution in [2.24, 2.45) is 0 Å². The Balaban J connectivity index is 1.27. The van der Waals surface area contributed by atoms with E-state index in [0.717, 1.165) is 24.2 Å². The minimum Gasteiger partial charge on any atom is -0.366 e. The fourth-order valence-electron chi connectivity index (χ4n) is 5.78. The molecule has 13 heteroatoms. The van der Waals surface area contributed by atoms with Crippen LogP contribution in [0.2, 0.25) is 0 Å². The number of rotatable bonds is 9. The van der Waals surface area contributed by atoms with Crippen LogP contribution in [-0.4, -0.2) is 62.8 Å². The normalized spacial score (nSPS) is 30.2. The first-order valence-corrected chi connectivity index (χ1v) is 14.7. The first-order valence-electron chi connectivity index (χ1n) is 13.8. The average molecular weight is 579 g/mol. The summed E-state index contributed by atoms with van der Waals surface area (Å²) in [4.78, 5) is 9.69. The fraction of sp³-hybridized carbons (Fsp3) is 0.630. The van der Waals surface area contributed by atoms with E-state index in [2.05, 4.69) is 23.2 Å². The number of fused-ring (bicyclic) bond motifs is 2. The SMILES string of the molecule is CCCSc1nc(NC2CC2c2ccc(F)c(F)c2)c2c(n1)N(C1CC(OC(C)(C)O)C3OC(C)(C)OC31)NN2. The highest BCUT2D eigenvalue weighted by molar-refractivity contribution is 7.99. The third kappa shape index (κ3) is 5.47. The lowest BCUT2D eigenvalue weighted by atomic mass is 10.1. The number of hydrogen-bond donors (Lipinski definition) is 4. The molecular weight excluding hydrogens is 542 g/mol. The minimum absolute atomic E-state index is 0.0246. The summed E-state index contributed by atoms with van der Waals surface area (Å²) in [5, 5.41) is 16.5. The lowest BCUT2D eigenvalue weighted by Crippen LogP contribution is -2.50. The molecule has 0 bridgehead atoms. The van der Waals surface area contributed by atoms with E-state index in [9.17, 15) is 13.9 Å². The molecular formula is C27H36F2N6O4S. The van der Waals surface area contributed by atoms with Crippen molar-refractivity contribution >= 4 is 29.1 Å². The second-order valence-electron chi connectivity index (χ2n) is 11.7. The zero-order valence-corrected chi connectivity index (χ0v) is 24.0. The van der Waals surface area contributed by atoms with Crippen molar-refractivity contribution in [2.75, 3.05) is 21.5 Å². The van der Waals surface area contributed by atoms with Gasteiger partial charge in [-0.25, -0.2) is 18.7 Å². The molecule has 0 radical (unpaired) electrons. The highest BCUT2D eigenvalue weighted by Gasteiger charge is 2.58. The third-order valence-corrected chi connectivity index (χ3v) is 8.53. The van der Waals surface area contributed by atoms with Crippen LogP contribution in [0.25, 0.3) is 0 Å². The minimum atomic E-state index is -1.33. The van der Waals surface area contributed by atoms with Crippen molar-refractivity contribution in [3.63, 3.8) is 0 Å². The maximum atomic E-state index is 13.8. The molecule has 4 aliphatic rings. The predicted molar refractivity (Wildman–Crippen MR) is 147 cm³/mol. The first-order chi connectivity index (χ1) is 18.9. The molecule has 40 heavy (non-hydrogen) atoms. The molecule has 4 N–H and O–H groups in total. The van der Waals surface area contributed by atoms with Gasteiger partial charge in [0, 0.05) is 24.1 Å². The van der Waals surface area contributed by atoms with Crippen molar-refractivity contribution in [1.29, 1.82) is 0 Å². The van der Waals surface area contributed by atoms with E-state index in [4.69, 9.17) is 24.2 Å². The lowest BCUT2D eigenvalue weighted by Gasteiger charge is -2.30. The van der Waals surface area contributed by atoms with E-state index in [-0.39, 0.29) is 36.3 Å². The number of aromatic nitrogens is 2. The largest absolute Gasteiger partial charge is 0.366 e. The zero-order chi connectivity index (χ0) is 28.4. The van der Waals surface area contributed by atoms with Gasteiger partial charge in [0.15, 0.2) is 40.0 Å². The average Bonchev–Trinajstić information content (AvgIpc) is 3.22. The molecule has 1 aromatic heterocycles. The summed E-state index contributed by atoms with van der Waals surface area (Å²) in [5.41, 5.74) is 7.93. The Morgan fingerprint density at radius 1 is 1.20 bits per heavy atom. The number of hydrazine groups is 2. The second-order valence-corrected chi connectivity index (χ2v) is 12.8. The van der Waals surface area contributed by atoms with Crippen LogP contribution >= 0.6 is 11.8 Å². The lowest BCUT2D eigenvalue weighted by molar-refractivity contribution is -0.234. The molecule has 218 valence electrons. The smallest absolute Gasteiger partial charge is 0.191 e. The van der Waals surface area contributed by atoms with Gasteiger partial charge in [0.05, 0.1) is 12.1 Å². The Hall–Kier alpha value is -2.29. The van der Waals surface area contributed by atoms with Crippen LogP contribution in [-0.2, 0) is 14.2 Å². The quantitative estimate of drug-likeness (QED) is 0.194. The number of ether oxygens (including phenoxy) is 3. The summed E-state index contributed by atoms with van der Waals surface area (Å²) >= 11 is 1.57. The summed E-state index contributed by atoms with van der Waals surface area (Å²) in [5.74, 6) is -1.59. The van der Waals surface area contributed by atoms with Crippen LogP contribution < -0.4 is 21.3 Å². The van der Waals surface area contributed by atoms with E-state index in [1.54, 1.807) is 31.7 Å². The fourth-order valence-corrected chi connectivity index (χ4v) is 6.47. The molecule has 6 atom stereocenters. The summed E-state index contributed by atoms with van der Waals surface area (Å²) < 4.78 is 45.8. The van der Waals surface area contributed by atoms with Gasteiger partial charge >= 0.3 is 0 Å². The van der Waals surface area contributed by atoms with Gasteiger partial charge < -0.3 is 24.6 Å². The van der Waals surface area contributed by atoms with Crippen molar-refractivity contribution in [1.82, 2.24) is 15.5 Å².